The van der Waals surface area contributed by atoms with Gasteiger partial charge in [0.05, 0.1) is 29.8 Å². The molecule has 0 aromatic heterocycles. The number of hydroxylamine groups is 2. The van der Waals surface area contributed by atoms with Gasteiger partial charge >= 0.3 is 18.0 Å². The molecule has 4 aliphatic rings. The van der Waals surface area contributed by atoms with Crippen LogP contribution in [0.5, 0.6) is 0 Å². The van der Waals surface area contributed by atoms with Crippen LogP contribution in [0.1, 0.15) is 110 Å². The summed E-state index contributed by atoms with van der Waals surface area (Å²) in [6, 6.07) is 2.74. The number of nitrogens with zero attached hydrogens (tertiary/aromatic N) is 3. The van der Waals surface area contributed by atoms with Crippen molar-refractivity contribution in [2.75, 3.05) is 38.5 Å². The van der Waals surface area contributed by atoms with Gasteiger partial charge in [0, 0.05) is 75.6 Å². The minimum Gasteiger partial charge on any atom is -0.457 e. The number of carbonyl (C=O) groups is 7. The van der Waals surface area contributed by atoms with Gasteiger partial charge in [0.15, 0.2) is 0 Å². The summed E-state index contributed by atoms with van der Waals surface area (Å²) in [4.78, 5) is 98.8. The van der Waals surface area contributed by atoms with Crippen molar-refractivity contribution in [2.24, 2.45) is 11.8 Å². The number of amides is 5. The Hall–Kier alpha value is -4.14. The molecule has 9 atom stereocenters. The molecule has 3 fully saturated rings. The van der Waals surface area contributed by atoms with Gasteiger partial charge in [-0.2, -0.15) is 0 Å². The number of imide groups is 1. The van der Waals surface area contributed by atoms with Gasteiger partial charge in [0.1, 0.15) is 29.6 Å². The van der Waals surface area contributed by atoms with Crippen LogP contribution in [0.25, 0.3) is 0 Å². The molecule has 68 heavy (non-hydrogen) atoms. The molecule has 4 heterocycles. The Balaban J connectivity index is 1.29. The molecule has 5 rings (SSSR count). The maximum atomic E-state index is 14.3. The molecule has 4 aliphatic heterocycles. The van der Waals surface area contributed by atoms with Crippen LogP contribution in [0.15, 0.2) is 35.9 Å². The lowest BCUT2D eigenvalue weighted by atomic mass is 9.82. The van der Waals surface area contributed by atoms with Crippen LogP contribution in [0.4, 0.5) is 10.5 Å². The van der Waals surface area contributed by atoms with E-state index < -0.39 is 88.0 Å². The van der Waals surface area contributed by atoms with E-state index in [0.29, 0.717) is 53.8 Å². The van der Waals surface area contributed by atoms with Crippen molar-refractivity contribution in [3.8, 4) is 0 Å². The van der Waals surface area contributed by atoms with Gasteiger partial charge < -0.3 is 38.7 Å². The first-order valence-electron chi connectivity index (χ1n) is 23.1. The first-order chi connectivity index (χ1) is 32.0. The lowest BCUT2D eigenvalue weighted by molar-refractivity contribution is -0.197. The SMILES string of the molecule is CCC(CCC(=O)N(C)[C@@H](C)C(=O)O[C@H]1CC(=O)N(C)c2cc(cc(C)c2Cl)C/C(C)=C/C=C/[C@@H](C)[C@@]2(O)CC(OC(=O)N2)[C@@H](C)[C@@H]2O[C@@]12C)(COC)SSCCCC(=O)ON1C(=O)CCC1=O. The number of methoxy groups -OCH3 is 1. The van der Waals surface area contributed by atoms with Gasteiger partial charge in [0.2, 0.25) is 11.8 Å². The van der Waals surface area contributed by atoms with Crippen molar-refractivity contribution in [2.45, 2.75) is 153 Å². The van der Waals surface area contributed by atoms with E-state index in [-0.39, 0.29) is 44.4 Å². The Kier molecular flexibility index (Phi) is 18.7. The number of carbonyl (C=O) groups excluding carboxylic acids is 7. The highest BCUT2D eigenvalue weighted by Crippen LogP contribution is 2.49. The molecule has 1 aromatic rings. The fourth-order valence-corrected chi connectivity index (χ4v) is 12.1. The Morgan fingerprint density at radius 1 is 1.10 bits per heavy atom. The van der Waals surface area contributed by atoms with Crippen molar-refractivity contribution in [1.29, 1.82) is 0 Å². The van der Waals surface area contributed by atoms with Crippen molar-refractivity contribution >= 4 is 80.5 Å². The van der Waals surface area contributed by atoms with E-state index >= 15 is 0 Å². The Labute approximate surface area is 412 Å². The second-order valence-electron chi connectivity index (χ2n) is 18.7. The Morgan fingerprint density at radius 2 is 1.79 bits per heavy atom. The van der Waals surface area contributed by atoms with Crippen LogP contribution >= 0.6 is 33.2 Å². The van der Waals surface area contributed by atoms with Gasteiger partial charge in [-0.05, 0) is 70.6 Å². The van der Waals surface area contributed by atoms with E-state index in [2.05, 4.69) is 5.32 Å². The van der Waals surface area contributed by atoms with Gasteiger partial charge in [-0.25, -0.2) is 14.4 Å². The summed E-state index contributed by atoms with van der Waals surface area (Å²) in [7, 11) is 7.76. The molecule has 3 saturated heterocycles. The summed E-state index contributed by atoms with van der Waals surface area (Å²) in [5, 5.41) is 15.3. The normalized spacial score (nSPS) is 29.1. The molecule has 4 bridgehead atoms. The van der Waals surface area contributed by atoms with E-state index in [4.69, 9.17) is 35.4 Å². The number of likely N-dealkylation sites (N-methyl/N-ethyl adjacent to an activating group) is 1. The number of benzene rings is 1. The third kappa shape index (κ3) is 13.2. The number of aryl methyl sites for hydroxylation is 1. The minimum absolute atomic E-state index is 0.0109. The summed E-state index contributed by atoms with van der Waals surface area (Å²) < 4.78 is 23.4. The number of fused-ring (bicyclic) bond motifs is 5. The number of halogens is 1. The average Bonchev–Trinajstić information content (AvgIpc) is 3.89. The van der Waals surface area contributed by atoms with Gasteiger partial charge in [-0.15, -0.1) is 5.06 Å². The van der Waals surface area contributed by atoms with Crippen LogP contribution in [0.2, 0.25) is 5.02 Å². The number of ether oxygens (including phenoxy) is 4. The predicted octanol–water partition coefficient (Wildman–Crippen LogP) is 6.78. The van der Waals surface area contributed by atoms with Crippen LogP contribution in [-0.2, 0) is 59.0 Å². The fraction of sp³-hybridized carbons (Fsp3) is 0.646. The van der Waals surface area contributed by atoms with Crippen LogP contribution in [0, 0.1) is 18.8 Å². The summed E-state index contributed by atoms with van der Waals surface area (Å²) in [5.74, 6) is -3.71. The topological polar surface area (TPSA) is 211 Å². The smallest absolute Gasteiger partial charge is 0.409 e. The van der Waals surface area contributed by atoms with Crippen molar-refractivity contribution in [1.82, 2.24) is 15.3 Å². The maximum Gasteiger partial charge on any atom is 0.409 e. The van der Waals surface area contributed by atoms with Gasteiger partial charge in [-0.1, -0.05) is 83.8 Å². The second-order valence-corrected chi connectivity index (χ2v) is 21.9. The molecule has 0 aliphatic carbocycles. The standard InChI is InChI=1S/C48H67ClN4O13S2/c1-11-47(27-62-10,68-67-21-13-16-41(58)66-53-38(55)17-18-39(53)56)20-19-37(54)51(8)32(6)44(59)64-36-25-40(57)52(9)34-24-33(23-29(3)42(34)49)22-28(2)14-12-15-30(4)48(61)26-35(63-45(60)50-48)31(5)43-46(36,7)65-43/h12,14-15,23-24,30-32,35-36,43,61H,11,13,16-22,25-27H2,1-10H3,(H,50,60)/b15-12+,28-14+/t30-,31-,32+,35?,36+,43+,46+,47?,48+/m1/s1. The molecule has 2 N–H and O–H groups in total. The first kappa shape index (κ1) is 54.8. The number of nitrogens with one attached hydrogen (secondary N) is 1. The summed E-state index contributed by atoms with van der Waals surface area (Å²) in [6.45, 7) is 13.1. The molecule has 17 nitrogen and oxygen atoms in total. The zero-order chi connectivity index (χ0) is 50.3. The third-order valence-corrected chi connectivity index (χ3v) is 17.5. The number of alkyl carbamates (subject to hydrolysis) is 1. The van der Waals surface area contributed by atoms with Gasteiger partial charge in [0.25, 0.3) is 11.8 Å². The van der Waals surface area contributed by atoms with Crippen molar-refractivity contribution in [3.63, 3.8) is 0 Å². The van der Waals surface area contributed by atoms with Crippen molar-refractivity contribution in [3.05, 3.63) is 52.1 Å². The average molecular weight is 1010 g/mol. The highest BCUT2D eigenvalue weighted by molar-refractivity contribution is 8.77. The number of aliphatic hydroxyl groups is 1. The largest absolute Gasteiger partial charge is 0.457 e. The molecule has 20 heteroatoms. The number of hydrogen-bond donors (Lipinski definition) is 2. The molecular formula is C48H67ClN4O13S2. The lowest BCUT2D eigenvalue weighted by Crippen LogP contribution is -2.60. The number of esters is 1. The zero-order valence-corrected chi connectivity index (χ0v) is 43.1. The first-order valence-corrected chi connectivity index (χ1v) is 25.8. The molecule has 2 unspecified atom stereocenters. The summed E-state index contributed by atoms with van der Waals surface area (Å²) >= 11 is 6.83. The third-order valence-electron chi connectivity index (χ3n) is 13.6. The summed E-state index contributed by atoms with van der Waals surface area (Å²) in [5.41, 5.74) is 0.283. The highest BCUT2D eigenvalue weighted by Gasteiger charge is 2.64. The molecule has 5 amide bonds. The number of rotatable bonds is 16. The Morgan fingerprint density at radius 3 is 2.46 bits per heavy atom. The highest BCUT2D eigenvalue weighted by atomic mass is 35.5. The number of anilines is 1. The predicted molar refractivity (Wildman–Crippen MR) is 258 cm³/mol. The lowest BCUT2D eigenvalue weighted by Gasteiger charge is -2.41. The van der Waals surface area contributed by atoms with Crippen molar-refractivity contribution < 1.29 is 62.5 Å². The van der Waals surface area contributed by atoms with E-state index in [0.717, 1.165) is 16.7 Å². The molecule has 0 spiro atoms. The van der Waals surface area contributed by atoms with E-state index in [1.54, 1.807) is 45.7 Å². The van der Waals surface area contributed by atoms with E-state index in [1.807, 2.05) is 58.1 Å². The molecule has 1 aromatic carbocycles. The monoisotopic (exact) mass is 1010 g/mol. The molecule has 0 radical (unpaired) electrons. The van der Waals surface area contributed by atoms with Crippen LogP contribution in [0.3, 0.4) is 0 Å². The molecule has 0 saturated carbocycles. The quantitative estimate of drug-likeness (QED) is 0.0575. The van der Waals surface area contributed by atoms with Crippen LogP contribution < -0.4 is 10.2 Å². The number of hydrogen-bond acceptors (Lipinski definition) is 15. The molecular weight excluding hydrogens is 940 g/mol. The van der Waals surface area contributed by atoms with E-state index in [1.165, 1.54) is 27.6 Å². The zero-order valence-electron chi connectivity index (χ0n) is 40.7. The van der Waals surface area contributed by atoms with E-state index in [9.17, 15) is 38.7 Å². The second kappa shape index (κ2) is 23.2. The summed E-state index contributed by atoms with van der Waals surface area (Å²) in [6.07, 6.45) is 4.05. The maximum absolute atomic E-state index is 14.3. The molecule has 376 valence electrons. The van der Waals surface area contributed by atoms with Crippen LogP contribution in [-0.4, -0.2) is 131 Å². The number of epoxide rings is 1. The minimum atomic E-state index is -1.64. The fourth-order valence-electron chi connectivity index (χ4n) is 8.66. The Bertz CT molecular complexity index is 2140. The number of allylic oxidation sites excluding steroid dienone is 3. The van der Waals surface area contributed by atoms with Gasteiger partial charge in [-0.3, -0.25) is 24.5 Å².